The summed E-state index contributed by atoms with van der Waals surface area (Å²) in [6, 6.07) is 6.20. The van der Waals surface area contributed by atoms with E-state index in [0.29, 0.717) is 4.60 Å². The number of nitrogens with zero attached hydrogens (tertiary/aromatic N) is 3. The lowest BCUT2D eigenvalue weighted by Crippen LogP contribution is -2.01. The molecule has 6 heteroatoms. The van der Waals surface area contributed by atoms with Gasteiger partial charge in [0.05, 0.1) is 0 Å². The molecule has 0 fully saturated rings. The van der Waals surface area contributed by atoms with Gasteiger partial charge in [-0.2, -0.15) is 0 Å². The molecule has 4 nitrogen and oxygen atoms in total. The fourth-order valence-electron chi connectivity index (χ4n) is 1.02. The molecule has 0 aliphatic carbocycles. The Hall–Kier alpha value is -1.43. The van der Waals surface area contributed by atoms with Crippen molar-refractivity contribution < 1.29 is 4.39 Å². The van der Waals surface area contributed by atoms with Crippen LogP contribution in [0.5, 0.6) is 0 Å². The molecule has 2 N–H and O–H groups in total. The number of nitrogen functional groups attached to an aromatic ring is 1. The molecule has 1 aromatic heterocycles. The number of hydrogen-bond acceptors (Lipinski definition) is 3. The van der Waals surface area contributed by atoms with Crippen LogP contribution in [-0.2, 0) is 0 Å². The molecule has 1 aromatic carbocycles. The number of nitrogens with two attached hydrogens (primary N) is 1. The van der Waals surface area contributed by atoms with Crippen LogP contribution in [0.2, 0.25) is 0 Å². The lowest BCUT2D eigenvalue weighted by molar-refractivity contribution is 0.596. The van der Waals surface area contributed by atoms with Crippen LogP contribution in [0.4, 0.5) is 10.2 Å². The summed E-state index contributed by atoms with van der Waals surface area (Å²) in [5.74, 6) is -0.164. The lowest BCUT2D eigenvalue weighted by Gasteiger charge is -1.99. The Bertz CT molecular complexity index is 449. The molecule has 0 atom stereocenters. The zero-order valence-electron chi connectivity index (χ0n) is 6.98. The van der Waals surface area contributed by atoms with Gasteiger partial charge in [-0.15, -0.1) is 15.0 Å². The molecule has 14 heavy (non-hydrogen) atoms. The second kappa shape index (κ2) is 3.38. The summed E-state index contributed by atoms with van der Waals surface area (Å²) in [7, 11) is 0. The number of benzene rings is 1. The highest BCUT2D eigenvalue weighted by Gasteiger charge is 2.09. The predicted molar refractivity (Wildman–Crippen MR) is 53.4 cm³/mol. The van der Waals surface area contributed by atoms with Crippen LogP contribution in [0.15, 0.2) is 28.9 Å². The summed E-state index contributed by atoms with van der Waals surface area (Å²) in [6.45, 7) is 0. The molecular weight excluding hydrogens is 251 g/mol. The second-order valence-electron chi connectivity index (χ2n) is 2.62. The minimum atomic E-state index is -0.394. The Morgan fingerprint density at radius 1 is 1.29 bits per heavy atom. The Morgan fingerprint density at radius 3 is 2.57 bits per heavy atom. The van der Waals surface area contributed by atoms with Crippen molar-refractivity contribution in [1.29, 1.82) is 0 Å². The van der Waals surface area contributed by atoms with Crippen molar-refractivity contribution in [1.82, 2.24) is 15.0 Å². The lowest BCUT2D eigenvalue weighted by atomic mass is 10.3. The smallest absolute Gasteiger partial charge is 0.181 e. The summed E-state index contributed by atoms with van der Waals surface area (Å²) in [6.07, 6.45) is 0. The molecule has 1 heterocycles. The van der Waals surface area contributed by atoms with Gasteiger partial charge in [0.15, 0.2) is 16.2 Å². The first-order chi connectivity index (χ1) is 6.68. The molecule has 2 aromatic rings. The standard InChI is InChI=1S/C8H6BrFN4/c9-7-8(11)13-14(12-7)6-4-2-1-3-5(6)10/h1-4H,(H2,11,13). The van der Waals surface area contributed by atoms with Crippen LogP contribution in [0.3, 0.4) is 0 Å². The number of para-hydroxylation sites is 1. The Labute approximate surface area is 87.7 Å². The van der Waals surface area contributed by atoms with Gasteiger partial charge < -0.3 is 5.73 Å². The zero-order chi connectivity index (χ0) is 10.1. The van der Waals surface area contributed by atoms with Crippen molar-refractivity contribution in [3.63, 3.8) is 0 Å². The van der Waals surface area contributed by atoms with Crippen molar-refractivity contribution in [2.24, 2.45) is 0 Å². The third-order valence-corrected chi connectivity index (χ3v) is 2.23. The SMILES string of the molecule is Nc1nn(-c2ccccc2F)nc1Br. The molecular formula is C8H6BrFN4. The normalized spacial score (nSPS) is 10.4. The van der Waals surface area contributed by atoms with Gasteiger partial charge in [-0.25, -0.2) is 4.39 Å². The van der Waals surface area contributed by atoms with E-state index in [-0.39, 0.29) is 11.5 Å². The van der Waals surface area contributed by atoms with Crippen LogP contribution < -0.4 is 5.73 Å². The van der Waals surface area contributed by atoms with Crippen molar-refractivity contribution >= 4 is 21.7 Å². The maximum atomic E-state index is 13.3. The summed E-state index contributed by atoms with van der Waals surface area (Å²) in [4.78, 5) is 1.15. The Morgan fingerprint density at radius 2 is 2.00 bits per heavy atom. The molecule has 72 valence electrons. The van der Waals surface area contributed by atoms with Crippen molar-refractivity contribution in [2.75, 3.05) is 5.73 Å². The zero-order valence-corrected chi connectivity index (χ0v) is 8.57. The van der Waals surface area contributed by atoms with E-state index in [2.05, 4.69) is 26.1 Å². The Kier molecular flexibility index (Phi) is 2.20. The second-order valence-corrected chi connectivity index (χ2v) is 3.37. The van der Waals surface area contributed by atoms with Gasteiger partial charge in [0.2, 0.25) is 0 Å². The number of halogens is 2. The first kappa shape index (κ1) is 9.14. The van der Waals surface area contributed by atoms with Gasteiger partial charge in [0, 0.05) is 0 Å². The van der Waals surface area contributed by atoms with E-state index in [1.54, 1.807) is 18.2 Å². The van der Waals surface area contributed by atoms with E-state index in [0.717, 1.165) is 4.80 Å². The van der Waals surface area contributed by atoms with Crippen LogP contribution in [0, 0.1) is 5.82 Å². The maximum absolute atomic E-state index is 13.3. The number of rotatable bonds is 1. The topological polar surface area (TPSA) is 56.7 Å². The summed E-state index contributed by atoms with van der Waals surface area (Å²) >= 11 is 3.10. The fourth-order valence-corrected chi connectivity index (χ4v) is 1.25. The molecule has 0 aliphatic heterocycles. The monoisotopic (exact) mass is 256 g/mol. The molecule has 0 unspecified atom stereocenters. The van der Waals surface area contributed by atoms with Gasteiger partial charge in [0.25, 0.3) is 0 Å². The molecule has 0 bridgehead atoms. The number of hydrogen-bond donors (Lipinski definition) is 1. The van der Waals surface area contributed by atoms with Gasteiger partial charge in [-0.05, 0) is 28.1 Å². The van der Waals surface area contributed by atoms with Gasteiger partial charge in [0.1, 0.15) is 5.69 Å². The fraction of sp³-hybridized carbons (Fsp3) is 0. The van der Waals surface area contributed by atoms with E-state index in [9.17, 15) is 4.39 Å². The van der Waals surface area contributed by atoms with E-state index in [1.807, 2.05) is 0 Å². The molecule has 0 radical (unpaired) electrons. The summed E-state index contributed by atoms with van der Waals surface area (Å²) in [5, 5.41) is 7.74. The Balaban J connectivity index is 2.55. The van der Waals surface area contributed by atoms with Gasteiger partial charge in [-0.1, -0.05) is 12.1 Å². The number of aromatic nitrogens is 3. The highest BCUT2D eigenvalue weighted by Crippen LogP contribution is 2.17. The van der Waals surface area contributed by atoms with Crippen molar-refractivity contribution in [2.45, 2.75) is 0 Å². The predicted octanol–water partition coefficient (Wildman–Crippen LogP) is 1.75. The third kappa shape index (κ3) is 1.48. The van der Waals surface area contributed by atoms with Gasteiger partial charge in [-0.3, -0.25) is 0 Å². The van der Waals surface area contributed by atoms with Crippen molar-refractivity contribution in [3.05, 3.63) is 34.7 Å². The maximum Gasteiger partial charge on any atom is 0.181 e. The molecule has 0 amide bonds. The minimum Gasteiger partial charge on any atom is -0.380 e. The van der Waals surface area contributed by atoms with Crippen LogP contribution >= 0.6 is 15.9 Å². The average molecular weight is 257 g/mol. The minimum absolute atomic E-state index is 0.230. The van der Waals surface area contributed by atoms with E-state index in [4.69, 9.17) is 5.73 Å². The highest BCUT2D eigenvalue weighted by atomic mass is 79.9. The highest BCUT2D eigenvalue weighted by molar-refractivity contribution is 9.10. The number of anilines is 1. The first-order valence-corrected chi connectivity index (χ1v) is 4.61. The molecule has 2 rings (SSSR count). The van der Waals surface area contributed by atoms with Gasteiger partial charge >= 0.3 is 0 Å². The van der Waals surface area contributed by atoms with E-state index < -0.39 is 5.82 Å². The average Bonchev–Trinajstić information content (AvgIpc) is 2.48. The van der Waals surface area contributed by atoms with E-state index in [1.165, 1.54) is 6.07 Å². The third-order valence-electron chi connectivity index (χ3n) is 1.66. The van der Waals surface area contributed by atoms with E-state index >= 15 is 0 Å². The summed E-state index contributed by atoms with van der Waals surface area (Å²) < 4.78 is 13.7. The largest absolute Gasteiger partial charge is 0.380 e. The molecule has 0 spiro atoms. The van der Waals surface area contributed by atoms with Crippen LogP contribution in [0.25, 0.3) is 5.69 Å². The quantitative estimate of drug-likeness (QED) is 0.846. The molecule has 0 saturated carbocycles. The summed E-state index contributed by atoms with van der Waals surface area (Å²) in [5.41, 5.74) is 5.73. The first-order valence-electron chi connectivity index (χ1n) is 3.81. The van der Waals surface area contributed by atoms with Crippen LogP contribution in [0.1, 0.15) is 0 Å². The molecule has 0 saturated heterocycles. The molecule has 0 aliphatic rings. The van der Waals surface area contributed by atoms with Crippen molar-refractivity contribution in [3.8, 4) is 5.69 Å². The van der Waals surface area contributed by atoms with Crippen LogP contribution in [-0.4, -0.2) is 15.0 Å².